The van der Waals surface area contributed by atoms with Crippen molar-refractivity contribution in [3.05, 3.63) is 76.7 Å². The van der Waals surface area contributed by atoms with Crippen molar-refractivity contribution in [3.63, 3.8) is 0 Å². The minimum absolute atomic E-state index is 0.0155. The Labute approximate surface area is 193 Å². The van der Waals surface area contributed by atoms with Crippen LogP contribution in [0.1, 0.15) is 18.4 Å². The Balaban J connectivity index is 1.62. The monoisotopic (exact) mass is 477 g/mol. The summed E-state index contributed by atoms with van der Waals surface area (Å²) in [5, 5.41) is 0. The molecule has 0 aliphatic carbocycles. The normalized spacial score (nSPS) is 20.1. The molecule has 174 valence electrons. The van der Waals surface area contributed by atoms with E-state index < -0.39 is 17.7 Å². The Hall–Kier alpha value is -2.78. The molecule has 0 bridgehead atoms. The van der Waals surface area contributed by atoms with Crippen LogP contribution in [0.4, 0.5) is 13.2 Å². The van der Waals surface area contributed by atoms with Crippen LogP contribution in [0.15, 0.2) is 76.0 Å². The number of ether oxygens (including phenoxy) is 2. The van der Waals surface area contributed by atoms with E-state index in [1.54, 1.807) is 11.0 Å². The highest BCUT2D eigenvalue weighted by Gasteiger charge is 2.64. The largest absolute Gasteiger partial charge is 0.458 e. The van der Waals surface area contributed by atoms with Crippen LogP contribution in [0.3, 0.4) is 0 Å². The lowest BCUT2D eigenvalue weighted by atomic mass is 9.92. The van der Waals surface area contributed by atoms with Crippen molar-refractivity contribution in [1.82, 2.24) is 4.90 Å². The molecule has 2 aliphatic rings. The molecule has 1 fully saturated rings. The minimum Gasteiger partial charge on any atom is -0.458 e. The van der Waals surface area contributed by atoms with Gasteiger partial charge in [-0.25, -0.2) is 4.79 Å². The summed E-state index contributed by atoms with van der Waals surface area (Å²) in [4.78, 5) is 28.6. The smallest absolute Gasteiger partial charge is 0.432 e. The molecule has 4 rings (SSSR count). The molecule has 2 aromatic carbocycles. The number of benzene rings is 2. The number of amides is 1. The van der Waals surface area contributed by atoms with Gasteiger partial charge in [-0.05, 0) is 18.6 Å². The maximum Gasteiger partial charge on any atom is 0.432 e. The van der Waals surface area contributed by atoms with Crippen LogP contribution >= 0.6 is 11.8 Å². The maximum atomic E-state index is 14.1. The van der Waals surface area contributed by atoms with Crippen LogP contribution in [-0.2, 0) is 24.7 Å². The van der Waals surface area contributed by atoms with Gasteiger partial charge in [-0.15, -0.1) is 0 Å². The molecule has 2 aromatic rings. The second-order valence-corrected chi connectivity index (χ2v) is 8.93. The highest BCUT2D eigenvalue weighted by Crippen LogP contribution is 2.44. The zero-order chi connectivity index (χ0) is 23.6. The number of halogens is 3. The van der Waals surface area contributed by atoms with Gasteiger partial charge in [-0.1, -0.05) is 60.3 Å². The molecule has 0 radical (unpaired) electrons. The van der Waals surface area contributed by atoms with E-state index in [1.165, 1.54) is 36.0 Å². The van der Waals surface area contributed by atoms with E-state index >= 15 is 0 Å². The van der Waals surface area contributed by atoms with Crippen molar-refractivity contribution < 1.29 is 32.2 Å². The van der Waals surface area contributed by atoms with Crippen LogP contribution in [0.5, 0.6) is 0 Å². The molecule has 2 aliphatic heterocycles. The molecule has 0 unspecified atom stereocenters. The number of fused-ring (bicyclic) bond motifs is 1. The highest BCUT2D eigenvalue weighted by molar-refractivity contribution is 8.03. The zero-order valence-electron chi connectivity index (χ0n) is 17.8. The average molecular weight is 478 g/mol. The highest BCUT2D eigenvalue weighted by atomic mass is 32.2. The van der Waals surface area contributed by atoms with Gasteiger partial charge in [0.2, 0.25) is 5.91 Å². The fourth-order valence-corrected chi connectivity index (χ4v) is 5.38. The molecule has 0 spiro atoms. The number of thioether (sulfide) groups is 1. The molecule has 1 amide bonds. The van der Waals surface area contributed by atoms with Crippen LogP contribution in [0.25, 0.3) is 0 Å². The molecule has 0 N–H and O–H groups in total. The number of carbonyl (C=O) groups is 2. The molecular weight excluding hydrogens is 455 g/mol. The van der Waals surface area contributed by atoms with E-state index in [0.29, 0.717) is 25.0 Å². The first-order valence-corrected chi connectivity index (χ1v) is 11.2. The lowest BCUT2D eigenvalue weighted by Crippen LogP contribution is -2.52. The SMILES string of the molecule is CO[C@@](C(=O)OCC1=C(Sc2ccccc2)CN2C(=O)CC[C@@H]12)(c1ccccc1)C(F)(F)F. The fraction of sp³-hybridized carbons (Fsp3) is 0.333. The summed E-state index contributed by atoms with van der Waals surface area (Å²) in [7, 11) is 0.838. The first kappa shape index (κ1) is 23.4. The summed E-state index contributed by atoms with van der Waals surface area (Å²) >= 11 is 1.43. The summed E-state index contributed by atoms with van der Waals surface area (Å²) in [6.45, 7) is -0.000206. The van der Waals surface area contributed by atoms with E-state index in [0.717, 1.165) is 16.9 Å². The van der Waals surface area contributed by atoms with Gasteiger partial charge < -0.3 is 14.4 Å². The van der Waals surface area contributed by atoms with Crippen LogP contribution < -0.4 is 0 Å². The van der Waals surface area contributed by atoms with Gasteiger partial charge in [0, 0.05) is 34.5 Å². The molecule has 9 heteroatoms. The van der Waals surface area contributed by atoms with Crippen molar-refractivity contribution in [2.24, 2.45) is 0 Å². The lowest BCUT2D eigenvalue weighted by Gasteiger charge is -2.32. The first-order valence-electron chi connectivity index (χ1n) is 10.4. The molecule has 33 heavy (non-hydrogen) atoms. The molecular formula is C24H22F3NO4S. The van der Waals surface area contributed by atoms with E-state index in [9.17, 15) is 22.8 Å². The molecule has 5 nitrogen and oxygen atoms in total. The van der Waals surface area contributed by atoms with Gasteiger partial charge in [0.15, 0.2) is 0 Å². The van der Waals surface area contributed by atoms with Gasteiger partial charge in [0.05, 0.1) is 12.6 Å². The van der Waals surface area contributed by atoms with Gasteiger partial charge in [0.25, 0.3) is 5.60 Å². The topological polar surface area (TPSA) is 55.8 Å². The Morgan fingerprint density at radius 3 is 2.33 bits per heavy atom. The van der Waals surface area contributed by atoms with Crippen molar-refractivity contribution in [2.45, 2.75) is 35.6 Å². The number of hydrogen-bond donors (Lipinski definition) is 0. The molecule has 0 saturated carbocycles. The Morgan fingerprint density at radius 1 is 1.09 bits per heavy atom. The number of rotatable bonds is 7. The van der Waals surface area contributed by atoms with Crippen molar-refractivity contribution >= 4 is 23.6 Å². The zero-order valence-corrected chi connectivity index (χ0v) is 18.6. The number of alkyl halides is 3. The van der Waals surface area contributed by atoms with E-state index in [2.05, 4.69) is 0 Å². The quantitative estimate of drug-likeness (QED) is 0.542. The van der Waals surface area contributed by atoms with Crippen LogP contribution in [0.2, 0.25) is 0 Å². The maximum absolute atomic E-state index is 14.1. The average Bonchev–Trinajstić information content (AvgIpc) is 3.32. The van der Waals surface area contributed by atoms with Crippen molar-refractivity contribution in [1.29, 1.82) is 0 Å². The second-order valence-electron chi connectivity index (χ2n) is 7.76. The van der Waals surface area contributed by atoms with E-state index in [1.807, 2.05) is 30.3 Å². The van der Waals surface area contributed by atoms with E-state index in [4.69, 9.17) is 9.47 Å². The van der Waals surface area contributed by atoms with Crippen LogP contribution in [0, 0.1) is 0 Å². The Bertz CT molecular complexity index is 1060. The number of hydrogen-bond acceptors (Lipinski definition) is 5. The molecule has 2 atom stereocenters. The number of nitrogens with zero attached hydrogens (tertiary/aromatic N) is 1. The van der Waals surface area contributed by atoms with Gasteiger partial charge in [-0.2, -0.15) is 13.2 Å². The Kier molecular flexibility index (Phi) is 6.54. The summed E-state index contributed by atoms with van der Waals surface area (Å²) in [5.41, 5.74) is -2.95. The fourth-order valence-electron chi connectivity index (χ4n) is 4.27. The summed E-state index contributed by atoms with van der Waals surface area (Å²) < 4.78 is 52.5. The van der Waals surface area contributed by atoms with Gasteiger partial charge >= 0.3 is 12.1 Å². The van der Waals surface area contributed by atoms with Gasteiger partial charge in [0.1, 0.15) is 6.61 Å². The summed E-state index contributed by atoms with van der Waals surface area (Å²) in [5.74, 6) is -1.55. The predicted octanol–water partition coefficient (Wildman–Crippen LogP) is 4.68. The van der Waals surface area contributed by atoms with E-state index in [-0.39, 0.29) is 24.1 Å². The second kappa shape index (κ2) is 9.23. The molecule has 0 aromatic heterocycles. The molecule has 2 heterocycles. The third-order valence-corrected chi connectivity index (χ3v) is 7.06. The standard InChI is InChI=1S/C24H22F3NO4S/c1-31-23(24(25,26)27,16-8-4-2-5-9-16)22(30)32-15-18-19-12-13-21(29)28(19)14-20(18)33-17-10-6-3-7-11-17/h2-11,19H,12-15H2,1H3/t19-,23+/m0/s1. The number of methoxy groups -OCH3 is 1. The summed E-state index contributed by atoms with van der Waals surface area (Å²) in [6.07, 6.45) is -4.14. The predicted molar refractivity (Wildman–Crippen MR) is 116 cm³/mol. The molecule has 1 saturated heterocycles. The van der Waals surface area contributed by atoms with Crippen LogP contribution in [-0.4, -0.2) is 49.3 Å². The number of esters is 1. The third-order valence-electron chi connectivity index (χ3n) is 5.92. The summed E-state index contributed by atoms with van der Waals surface area (Å²) in [6, 6.07) is 15.9. The lowest BCUT2D eigenvalue weighted by molar-refractivity contribution is -0.276. The van der Waals surface area contributed by atoms with Gasteiger partial charge in [-0.3, -0.25) is 4.79 Å². The number of carbonyl (C=O) groups excluding carboxylic acids is 2. The van der Waals surface area contributed by atoms with Crippen molar-refractivity contribution in [2.75, 3.05) is 20.3 Å². The minimum atomic E-state index is -5.04. The Morgan fingerprint density at radius 2 is 1.73 bits per heavy atom. The third kappa shape index (κ3) is 4.27. The van der Waals surface area contributed by atoms with Crippen molar-refractivity contribution in [3.8, 4) is 0 Å². The first-order chi connectivity index (χ1) is 15.8.